The number of allylic oxidation sites excluding steroid dienone is 4. The Morgan fingerprint density at radius 3 is 1.62 bits per heavy atom. The van der Waals surface area contributed by atoms with Crippen molar-refractivity contribution in [2.24, 2.45) is 0 Å². The van der Waals surface area contributed by atoms with Crippen molar-refractivity contribution in [3.05, 3.63) is 203 Å². The van der Waals surface area contributed by atoms with Crippen LogP contribution in [0.25, 0.3) is 50.1 Å². The summed E-state index contributed by atoms with van der Waals surface area (Å²) in [6.07, 6.45) is 9.09. The van der Waals surface area contributed by atoms with Crippen LogP contribution in [-0.4, -0.2) is 0 Å². The second kappa shape index (κ2) is 13.1. The van der Waals surface area contributed by atoms with E-state index < -0.39 is 0 Å². The molecule has 3 aliphatic carbocycles. The van der Waals surface area contributed by atoms with Gasteiger partial charge in [-0.25, -0.2) is 0 Å². The van der Waals surface area contributed by atoms with Crippen molar-refractivity contribution in [2.75, 3.05) is 4.90 Å². The molecule has 0 fully saturated rings. The average Bonchev–Trinajstić information content (AvgIpc) is 3.60. The summed E-state index contributed by atoms with van der Waals surface area (Å²) in [5.41, 5.74) is 21.0. The van der Waals surface area contributed by atoms with Crippen LogP contribution < -0.4 is 4.90 Å². The van der Waals surface area contributed by atoms with Crippen molar-refractivity contribution in [3.8, 4) is 44.5 Å². The van der Waals surface area contributed by atoms with Crippen molar-refractivity contribution in [3.63, 3.8) is 0 Å². The van der Waals surface area contributed by atoms with Crippen molar-refractivity contribution < 1.29 is 0 Å². The molecule has 56 heavy (non-hydrogen) atoms. The summed E-state index contributed by atoms with van der Waals surface area (Å²) in [7, 11) is 0. The number of nitrogens with zero attached hydrogens (tertiary/aromatic N) is 1. The third kappa shape index (κ3) is 5.52. The summed E-state index contributed by atoms with van der Waals surface area (Å²) in [6.45, 7) is 9.42. The van der Waals surface area contributed by atoms with E-state index in [1.807, 2.05) is 6.07 Å². The van der Waals surface area contributed by atoms with Crippen molar-refractivity contribution >= 4 is 34.2 Å². The normalized spacial score (nSPS) is 15.4. The molecule has 0 bridgehead atoms. The van der Waals surface area contributed by atoms with E-state index in [-0.39, 0.29) is 10.8 Å². The smallest absolute Gasteiger partial charge is 0.0487 e. The van der Waals surface area contributed by atoms with E-state index in [4.69, 9.17) is 11.6 Å². The first-order valence-electron chi connectivity index (χ1n) is 19.8. The lowest BCUT2D eigenvalue weighted by molar-refractivity contribution is 0.652. The maximum absolute atomic E-state index is 6.92. The summed E-state index contributed by atoms with van der Waals surface area (Å²) in [4.78, 5) is 2.40. The van der Waals surface area contributed by atoms with Crippen LogP contribution in [0.2, 0.25) is 5.02 Å². The molecule has 0 aliphatic heterocycles. The number of hydrogen-bond donors (Lipinski definition) is 0. The van der Waals surface area contributed by atoms with Crippen molar-refractivity contribution in [1.82, 2.24) is 0 Å². The minimum Gasteiger partial charge on any atom is -0.310 e. The fourth-order valence-electron chi connectivity index (χ4n) is 9.46. The lowest BCUT2D eigenvalue weighted by Gasteiger charge is -2.28. The molecule has 0 radical (unpaired) electrons. The number of halogens is 1. The summed E-state index contributed by atoms with van der Waals surface area (Å²) in [5, 5.41) is 0.830. The Labute approximate surface area is 336 Å². The predicted octanol–water partition coefficient (Wildman–Crippen LogP) is 15.5. The van der Waals surface area contributed by atoms with Crippen LogP contribution in [0.4, 0.5) is 17.1 Å². The van der Waals surface area contributed by atoms with E-state index in [1.54, 1.807) is 0 Å². The van der Waals surface area contributed by atoms with E-state index in [9.17, 15) is 0 Å². The minimum absolute atomic E-state index is 0.126. The summed E-state index contributed by atoms with van der Waals surface area (Å²) in [6, 6.07) is 56.0. The zero-order chi connectivity index (χ0) is 38.2. The fourth-order valence-corrected chi connectivity index (χ4v) is 9.74. The van der Waals surface area contributed by atoms with Gasteiger partial charge in [-0.3, -0.25) is 0 Å². The first-order valence-corrected chi connectivity index (χ1v) is 20.2. The molecule has 2 heteroatoms. The van der Waals surface area contributed by atoms with E-state index >= 15 is 0 Å². The predicted molar refractivity (Wildman–Crippen MR) is 238 cm³/mol. The topological polar surface area (TPSA) is 3.24 Å². The zero-order valence-corrected chi connectivity index (χ0v) is 33.2. The first kappa shape index (κ1) is 34.6. The molecule has 3 aliphatic rings. The number of hydrogen-bond acceptors (Lipinski definition) is 1. The Morgan fingerprint density at radius 1 is 0.446 bits per heavy atom. The van der Waals surface area contributed by atoms with Gasteiger partial charge in [-0.1, -0.05) is 155 Å². The molecule has 0 amide bonds. The van der Waals surface area contributed by atoms with Crippen LogP contribution in [0, 0.1) is 0 Å². The highest BCUT2D eigenvalue weighted by atomic mass is 35.5. The molecular formula is C54H44ClN. The molecule has 0 N–H and O–H groups in total. The molecule has 0 spiro atoms. The molecule has 0 unspecified atom stereocenters. The van der Waals surface area contributed by atoms with Crippen LogP contribution >= 0.6 is 11.6 Å². The quantitative estimate of drug-likeness (QED) is 0.164. The van der Waals surface area contributed by atoms with Crippen LogP contribution in [0.3, 0.4) is 0 Å². The number of anilines is 3. The van der Waals surface area contributed by atoms with Gasteiger partial charge >= 0.3 is 0 Å². The minimum atomic E-state index is -0.202. The third-order valence-electron chi connectivity index (χ3n) is 12.6. The van der Waals surface area contributed by atoms with Crippen LogP contribution in [0.5, 0.6) is 0 Å². The number of rotatable bonds is 6. The Morgan fingerprint density at radius 2 is 0.982 bits per heavy atom. The van der Waals surface area contributed by atoms with Gasteiger partial charge in [0.25, 0.3) is 0 Å². The molecule has 0 atom stereocenters. The van der Waals surface area contributed by atoms with Gasteiger partial charge in [0.1, 0.15) is 0 Å². The Bertz CT molecular complexity index is 2710. The third-order valence-corrected chi connectivity index (χ3v) is 12.9. The number of fused-ring (bicyclic) bond motifs is 6. The van der Waals surface area contributed by atoms with Crippen LogP contribution in [-0.2, 0) is 10.8 Å². The second-order valence-corrected chi connectivity index (χ2v) is 17.0. The Balaban J connectivity index is 1.05. The lowest BCUT2D eigenvalue weighted by atomic mass is 9.79. The highest BCUT2D eigenvalue weighted by Gasteiger charge is 2.42. The first-order chi connectivity index (χ1) is 27.2. The summed E-state index contributed by atoms with van der Waals surface area (Å²) >= 11 is 6.92. The maximum atomic E-state index is 6.92. The molecule has 7 aromatic rings. The maximum Gasteiger partial charge on any atom is 0.0487 e. The lowest BCUT2D eigenvalue weighted by Crippen LogP contribution is -2.17. The van der Waals surface area contributed by atoms with E-state index in [2.05, 4.69) is 196 Å². The SMILES string of the molecule is CC1(C)c2cc(N(c3ccc(-c4ccccc4)cc3)c3ccc(-c4ccc(C5=CCCC=C5)cc4)cc3)ccc2-c2cc3c(cc21)-c1c(Cl)cccc1C3(C)C. The highest BCUT2D eigenvalue weighted by Crippen LogP contribution is 2.58. The molecule has 7 aromatic carbocycles. The molecule has 0 aromatic heterocycles. The monoisotopic (exact) mass is 741 g/mol. The number of benzene rings is 7. The molecule has 0 heterocycles. The molecule has 1 nitrogen and oxygen atoms in total. The zero-order valence-electron chi connectivity index (χ0n) is 32.4. The largest absolute Gasteiger partial charge is 0.310 e. The van der Waals surface area contributed by atoms with E-state index in [0.29, 0.717) is 0 Å². The summed E-state index contributed by atoms with van der Waals surface area (Å²) in [5.74, 6) is 0. The standard InChI is InChI=1S/C54H44ClN/c1-53(2)47-16-11-17-51(55)52(47)46-34-49-45(33-50(46)53)44-31-30-43(32-48(44)54(49,3)4)56(41-26-22-39(23-27-41)36-14-9-6-10-15-36)42-28-24-40(25-29-42)38-20-18-37(19-21-38)35-12-7-5-8-13-35/h6-7,9-34H,5,8H2,1-4H3. The van der Waals surface area contributed by atoms with Gasteiger partial charge in [-0.05, 0) is 140 Å². The average molecular weight is 742 g/mol. The molecule has 0 saturated carbocycles. The Kier molecular flexibility index (Phi) is 8.10. The van der Waals surface area contributed by atoms with Gasteiger partial charge < -0.3 is 4.90 Å². The van der Waals surface area contributed by atoms with E-state index in [1.165, 1.54) is 77.9 Å². The van der Waals surface area contributed by atoms with Gasteiger partial charge in [0.15, 0.2) is 0 Å². The molecule has 272 valence electrons. The van der Waals surface area contributed by atoms with Crippen molar-refractivity contribution in [1.29, 1.82) is 0 Å². The molecular weight excluding hydrogens is 698 g/mol. The van der Waals surface area contributed by atoms with Crippen LogP contribution in [0.1, 0.15) is 68.4 Å². The second-order valence-electron chi connectivity index (χ2n) is 16.6. The van der Waals surface area contributed by atoms with Gasteiger partial charge in [0, 0.05) is 38.5 Å². The van der Waals surface area contributed by atoms with Crippen molar-refractivity contribution in [2.45, 2.75) is 51.4 Å². The van der Waals surface area contributed by atoms with Gasteiger partial charge in [0.2, 0.25) is 0 Å². The fraction of sp³-hybridized carbons (Fsp3) is 0.148. The summed E-state index contributed by atoms with van der Waals surface area (Å²) < 4.78 is 0. The van der Waals surface area contributed by atoms with Gasteiger partial charge in [0.05, 0.1) is 0 Å². The molecule has 10 rings (SSSR count). The van der Waals surface area contributed by atoms with Crippen LogP contribution in [0.15, 0.2) is 170 Å². The van der Waals surface area contributed by atoms with Gasteiger partial charge in [-0.2, -0.15) is 0 Å². The van der Waals surface area contributed by atoms with Gasteiger partial charge in [-0.15, -0.1) is 0 Å². The highest BCUT2D eigenvalue weighted by molar-refractivity contribution is 6.34. The molecule has 0 saturated heterocycles. The van der Waals surface area contributed by atoms with E-state index in [0.717, 1.165) is 34.9 Å². The Hall–Kier alpha value is -5.89.